The zero-order valence-electron chi connectivity index (χ0n) is 24.5. The number of esters is 1. The predicted octanol–water partition coefficient (Wildman–Crippen LogP) is 8.98. The number of phenolic OH excluding ortho intramolecular Hbond substituents is 1. The fraction of sp³-hybridized carbons (Fsp3) is 0.750. The fourth-order valence-corrected chi connectivity index (χ4v) is 14.0. The summed E-state index contributed by atoms with van der Waals surface area (Å²) in [6.45, 7) is 16.7. The highest BCUT2D eigenvalue weighted by atomic mass is 33.1. The maximum atomic E-state index is 11.7. The molecule has 0 saturated heterocycles. The van der Waals surface area contributed by atoms with Crippen molar-refractivity contribution >= 4 is 70.7 Å². The van der Waals surface area contributed by atoms with Crippen LogP contribution in [0.3, 0.4) is 0 Å². The van der Waals surface area contributed by atoms with E-state index in [1.54, 1.807) is 31.3 Å². The van der Waals surface area contributed by atoms with E-state index in [-0.39, 0.29) is 17.8 Å². The number of likely N-dealkylation sites (N-methyl/N-ethyl adjacent to an activating group) is 1. The molecule has 2 N–H and O–H groups in total. The molecule has 1 fully saturated rings. The highest BCUT2D eigenvalue weighted by molar-refractivity contribution is 8.79. The monoisotopic (exact) mass is 639 g/mol. The molecule has 1 aromatic carbocycles. The average molecular weight is 640 g/mol. The maximum absolute atomic E-state index is 11.7. The van der Waals surface area contributed by atoms with Crippen molar-refractivity contribution in [1.82, 2.24) is 5.32 Å². The summed E-state index contributed by atoms with van der Waals surface area (Å²) in [6, 6.07) is 6.48. The van der Waals surface area contributed by atoms with Crippen molar-refractivity contribution in [3.63, 3.8) is 0 Å². The summed E-state index contributed by atoms with van der Waals surface area (Å²) in [4.78, 5) is 11.7. The van der Waals surface area contributed by atoms with Crippen LogP contribution in [0.4, 0.5) is 0 Å². The molecule has 220 valence electrons. The smallest absolute Gasteiger partial charge is 0.323 e. The molecule has 0 amide bonds. The Labute approximate surface area is 256 Å². The summed E-state index contributed by atoms with van der Waals surface area (Å²) < 4.78 is 5.97. The minimum Gasteiger partial charge on any atom is -0.508 e. The van der Waals surface area contributed by atoms with Crippen molar-refractivity contribution in [3.8, 4) is 5.75 Å². The number of carbonyl (C=O) groups excluding carboxylic acids is 1. The first-order valence-corrected chi connectivity index (χ1v) is 20.7. The number of carbonyl (C=O) groups is 1. The Morgan fingerprint density at radius 1 is 0.974 bits per heavy atom. The van der Waals surface area contributed by atoms with E-state index < -0.39 is 0 Å². The molecule has 1 aliphatic rings. The van der Waals surface area contributed by atoms with Crippen molar-refractivity contribution in [1.29, 1.82) is 0 Å². The lowest BCUT2D eigenvalue weighted by Gasteiger charge is -2.68. The van der Waals surface area contributed by atoms with Crippen molar-refractivity contribution in [2.75, 3.05) is 36.7 Å². The topological polar surface area (TPSA) is 58.6 Å². The SMILES string of the molecule is CCCOC(=O)C(Cc1ccc(O)cc1)NC.CCSSCC1(SSCC)CC(C)(SSCC)C1(C)CC. The van der Waals surface area contributed by atoms with E-state index in [0.29, 0.717) is 27.9 Å². The molecule has 38 heavy (non-hydrogen) atoms. The largest absolute Gasteiger partial charge is 0.508 e. The summed E-state index contributed by atoms with van der Waals surface area (Å²) >= 11 is 0. The maximum Gasteiger partial charge on any atom is 0.323 e. The molecule has 1 aromatic rings. The molecule has 0 heterocycles. The highest BCUT2D eigenvalue weighted by Crippen LogP contribution is 2.73. The molecule has 0 bridgehead atoms. The second-order valence-electron chi connectivity index (χ2n) is 9.62. The van der Waals surface area contributed by atoms with Gasteiger partial charge in [0.05, 0.1) is 6.61 Å². The number of hydrogen-bond donors (Lipinski definition) is 2. The van der Waals surface area contributed by atoms with E-state index in [4.69, 9.17) is 9.84 Å². The van der Waals surface area contributed by atoms with Gasteiger partial charge in [-0.1, -0.05) is 118 Å². The van der Waals surface area contributed by atoms with Gasteiger partial charge >= 0.3 is 5.97 Å². The first-order valence-electron chi connectivity index (χ1n) is 13.6. The Hall–Kier alpha value is 0.550. The van der Waals surface area contributed by atoms with Crippen LogP contribution in [0, 0.1) is 5.41 Å². The molecular weight excluding hydrogens is 591 g/mol. The molecule has 4 nitrogen and oxygen atoms in total. The summed E-state index contributed by atoms with van der Waals surface area (Å²) in [7, 11) is 14.3. The van der Waals surface area contributed by atoms with Gasteiger partial charge in [-0.05, 0) is 62.8 Å². The van der Waals surface area contributed by atoms with Gasteiger partial charge in [0.1, 0.15) is 11.8 Å². The van der Waals surface area contributed by atoms with E-state index in [0.717, 1.165) is 12.0 Å². The summed E-state index contributed by atoms with van der Waals surface area (Å²) in [5.41, 5.74) is 1.41. The first kappa shape index (κ1) is 36.6. The van der Waals surface area contributed by atoms with Crippen molar-refractivity contribution in [2.45, 2.75) is 89.7 Å². The normalized spacial score (nSPS) is 25.2. The van der Waals surface area contributed by atoms with Gasteiger partial charge in [0.2, 0.25) is 0 Å². The van der Waals surface area contributed by atoms with E-state index in [2.05, 4.69) is 101 Å². The Morgan fingerprint density at radius 3 is 2.11 bits per heavy atom. The molecule has 4 unspecified atom stereocenters. The fourth-order valence-electron chi connectivity index (χ4n) is 4.54. The van der Waals surface area contributed by atoms with Gasteiger partial charge in [0.25, 0.3) is 0 Å². The van der Waals surface area contributed by atoms with Crippen molar-refractivity contribution in [3.05, 3.63) is 29.8 Å². The summed E-state index contributed by atoms with van der Waals surface area (Å²) in [5, 5.41) is 12.1. The van der Waals surface area contributed by atoms with Crippen molar-refractivity contribution in [2.24, 2.45) is 5.41 Å². The zero-order valence-corrected chi connectivity index (χ0v) is 29.4. The molecule has 4 atom stereocenters. The van der Waals surface area contributed by atoms with Gasteiger partial charge < -0.3 is 15.2 Å². The Kier molecular flexibility index (Phi) is 18.2. The van der Waals surface area contributed by atoms with Crippen LogP contribution in [-0.2, 0) is 16.0 Å². The van der Waals surface area contributed by atoms with E-state index in [1.165, 1.54) is 35.9 Å². The van der Waals surface area contributed by atoms with Gasteiger partial charge in [0.15, 0.2) is 0 Å². The van der Waals surface area contributed by atoms with E-state index in [9.17, 15) is 4.79 Å². The van der Waals surface area contributed by atoms with Crippen LogP contribution in [0.25, 0.3) is 0 Å². The molecule has 1 saturated carbocycles. The van der Waals surface area contributed by atoms with Crippen LogP contribution < -0.4 is 5.32 Å². The Balaban J connectivity index is 0.000000389. The van der Waals surface area contributed by atoms with Crippen LogP contribution in [0.5, 0.6) is 5.75 Å². The lowest BCUT2D eigenvalue weighted by molar-refractivity contribution is -0.146. The van der Waals surface area contributed by atoms with E-state index >= 15 is 0 Å². The van der Waals surface area contributed by atoms with Gasteiger partial charge in [-0.2, -0.15) is 0 Å². The second-order valence-corrected chi connectivity index (χ2v) is 18.4. The molecule has 0 aromatic heterocycles. The number of benzene rings is 1. The molecule has 0 spiro atoms. The lowest BCUT2D eigenvalue weighted by atomic mass is 9.52. The minimum atomic E-state index is -0.342. The number of aromatic hydroxyl groups is 1. The van der Waals surface area contributed by atoms with Gasteiger partial charge in [-0.25, -0.2) is 0 Å². The number of ether oxygens (including phenoxy) is 1. The highest BCUT2D eigenvalue weighted by Gasteiger charge is 2.68. The third-order valence-corrected chi connectivity index (χ3v) is 16.8. The molecule has 10 heteroatoms. The number of nitrogens with one attached hydrogen (secondary N) is 1. The summed E-state index contributed by atoms with van der Waals surface area (Å²) in [5.74, 6) is 4.92. The Morgan fingerprint density at radius 2 is 1.58 bits per heavy atom. The molecule has 0 aliphatic heterocycles. The number of rotatable bonds is 17. The first-order chi connectivity index (χ1) is 18.1. The van der Waals surface area contributed by atoms with Gasteiger partial charge in [-0.15, -0.1) is 0 Å². The third-order valence-electron chi connectivity index (χ3n) is 7.15. The average Bonchev–Trinajstić information content (AvgIpc) is 2.92. The molecule has 0 radical (unpaired) electrons. The molecular formula is C28H49NO3S6. The third kappa shape index (κ3) is 10.1. The number of hydrogen-bond acceptors (Lipinski definition) is 10. The zero-order chi connectivity index (χ0) is 28.7. The standard InChI is InChI=1S/C15H30S6.C13H19NO3/c1-7-13(5)14(6,20-17-9-3)11-15(13,21-18-10-4)12-19-16-8-2;1-3-8-17-13(16)12(14-2)9-10-4-6-11(15)7-5-10/h7-12H2,1-6H3;4-7,12,14-15H,3,8-9H2,1-2H3. The van der Waals surface area contributed by atoms with Crippen LogP contribution in [-0.4, -0.2) is 63.3 Å². The lowest BCUT2D eigenvalue weighted by Crippen LogP contribution is -2.69. The van der Waals surface area contributed by atoms with Crippen LogP contribution in [0.2, 0.25) is 0 Å². The number of phenols is 1. The van der Waals surface area contributed by atoms with Gasteiger partial charge in [0, 0.05) is 32.5 Å². The molecule has 2 rings (SSSR count). The summed E-state index contributed by atoms with van der Waals surface area (Å²) in [6.07, 6.45) is 4.02. The minimum absolute atomic E-state index is 0.225. The van der Waals surface area contributed by atoms with Crippen LogP contribution in [0.1, 0.15) is 73.3 Å². The Bertz CT molecular complexity index is 801. The predicted molar refractivity (Wildman–Crippen MR) is 182 cm³/mol. The van der Waals surface area contributed by atoms with Crippen LogP contribution >= 0.6 is 64.8 Å². The second kappa shape index (κ2) is 18.9. The van der Waals surface area contributed by atoms with Crippen molar-refractivity contribution < 1.29 is 14.6 Å². The molecule has 1 aliphatic carbocycles. The quantitative estimate of drug-likeness (QED) is 0.0981. The van der Waals surface area contributed by atoms with Crippen LogP contribution in [0.15, 0.2) is 24.3 Å². The van der Waals surface area contributed by atoms with Gasteiger partial charge in [-0.3, -0.25) is 4.79 Å². The van der Waals surface area contributed by atoms with E-state index in [1.807, 2.05) is 17.7 Å².